The fourth-order valence-corrected chi connectivity index (χ4v) is 5.19. The molecule has 2 aliphatic heterocycles. The van der Waals surface area contributed by atoms with Gasteiger partial charge in [-0.15, -0.1) is 0 Å². The summed E-state index contributed by atoms with van der Waals surface area (Å²) in [5.41, 5.74) is 5.24. The Balaban J connectivity index is 1.62. The zero-order valence-corrected chi connectivity index (χ0v) is 20.3. The van der Waals surface area contributed by atoms with Crippen molar-refractivity contribution in [1.29, 1.82) is 0 Å². The van der Waals surface area contributed by atoms with Crippen LogP contribution in [0.15, 0.2) is 9.59 Å². The van der Waals surface area contributed by atoms with Crippen LogP contribution in [-0.4, -0.2) is 57.0 Å². The summed E-state index contributed by atoms with van der Waals surface area (Å²) < 4.78 is 25.0. The number of aromatic nitrogens is 3. The topological polar surface area (TPSA) is 165 Å². The molecule has 2 saturated heterocycles. The SMILES string of the molecule is CC(=O)C[C@H](C(=O)OC[C@H]1O[C@@H](n2c(=O)sc3c(=O)[nH]c(N)nc32)C2OC(C)(C)O[C@@H]21)C(C)C. The second kappa shape index (κ2) is 8.87. The molecule has 0 amide bonds. The first-order valence-corrected chi connectivity index (χ1v) is 11.8. The van der Waals surface area contributed by atoms with Crippen molar-refractivity contribution >= 4 is 39.4 Å². The van der Waals surface area contributed by atoms with Crippen LogP contribution in [-0.2, 0) is 28.5 Å². The number of carbonyl (C=O) groups excluding carboxylic acids is 2. The van der Waals surface area contributed by atoms with Crippen molar-refractivity contribution in [2.75, 3.05) is 12.3 Å². The second-order valence-electron chi connectivity index (χ2n) is 9.36. The fraction of sp³-hybridized carbons (Fsp3) is 0.667. The highest BCUT2D eigenvalue weighted by Crippen LogP contribution is 2.43. The largest absolute Gasteiger partial charge is 0.463 e. The Morgan fingerprint density at radius 2 is 1.94 bits per heavy atom. The van der Waals surface area contributed by atoms with Gasteiger partial charge in [-0.2, -0.15) is 4.98 Å². The van der Waals surface area contributed by atoms with Gasteiger partial charge < -0.3 is 29.5 Å². The molecule has 2 aromatic rings. The fourth-order valence-electron chi connectivity index (χ4n) is 4.34. The van der Waals surface area contributed by atoms with E-state index in [1.54, 1.807) is 13.8 Å². The number of fused-ring (bicyclic) bond motifs is 2. The van der Waals surface area contributed by atoms with Gasteiger partial charge in [-0.25, -0.2) is 0 Å². The lowest BCUT2D eigenvalue weighted by Gasteiger charge is -2.25. The maximum absolute atomic E-state index is 12.8. The number of nitrogens with zero attached hydrogens (tertiary/aromatic N) is 2. The van der Waals surface area contributed by atoms with Crippen LogP contribution in [0.25, 0.3) is 10.3 Å². The first-order chi connectivity index (χ1) is 15.9. The predicted molar refractivity (Wildman–Crippen MR) is 121 cm³/mol. The number of aromatic amines is 1. The number of H-pyrrole nitrogens is 1. The number of ketones is 1. The summed E-state index contributed by atoms with van der Waals surface area (Å²) in [7, 11) is 0. The molecule has 1 unspecified atom stereocenters. The summed E-state index contributed by atoms with van der Waals surface area (Å²) in [6.45, 7) is 8.41. The van der Waals surface area contributed by atoms with Gasteiger partial charge in [-0.05, 0) is 26.7 Å². The number of Topliss-reactive ketones (excluding diaryl/α,β-unsaturated/α-hetero) is 1. The van der Waals surface area contributed by atoms with Crippen molar-refractivity contribution in [2.45, 2.75) is 71.4 Å². The maximum atomic E-state index is 12.8. The highest BCUT2D eigenvalue weighted by atomic mass is 32.1. The van der Waals surface area contributed by atoms with Crippen LogP contribution in [0.1, 0.15) is 47.3 Å². The molecule has 0 radical (unpaired) electrons. The zero-order chi connectivity index (χ0) is 24.9. The van der Waals surface area contributed by atoms with Crippen molar-refractivity contribution in [3.8, 4) is 0 Å². The molecule has 0 aliphatic carbocycles. The van der Waals surface area contributed by atoms with E-state index in [1.165, 1.54) is 11.5 Å². The van der Waals surface area contributed by atoms with E-state index in [4.69, 9.17) is 24.7 Å². The van der Waals surface area contributed by atoms with Crippen LogP contribution in [0.2, 0.25) is 0 Å². The molecule has 2 aromatic heterocycles. The Morgan fingerprint density at radius 1 is 1.26 bits per heavy atom. The Labute approximate surface area is 198 Å². The predicted octanol–water partition coefficient (Wildman–Crippen LogP) is 0.941. The number of rotatable bonds is 7. The monoisotopic (exact) mass is 496 g/mol. The number of hydrogen-bond donors (Lipinski definition) is 2. The van der Waals surface area contributed by atoms with Crippen molar-refractivity contribution in [3.05, 3.63) is 20.0 Å². The van der Waals surface area contributed by atoms with Gasteiger partial charge in [0, 0.05) is 6.42 Å². The van der Waals surface area contributed by atoms with Crippen molar-refractivity contribution in [1.82, 2.24) is 14.5 Å². The van der Waals surface area contributed by atoms with E-state index in [0.29, 0.717) is 0 Å². The van der Waals surface area contributed by atoms with Crippen molar-refractivity contribution in [2.24, 2.45) is 11.8 Å². The molecule has 4 heterocycles. The van der Waals surface area contributed by atoms with Gasteiger partial charge in [0.1, 0.15) is 35.4 Å². The van der Waals surface area contributed by atoms with Gasteiger partial charge in [0.25, 0.3) is 5.56 Å². The molecule has 2 fully saturated rings. The molecule has 0 bridgehead atoms. The first kappa shape index (κ1) is 24.5. The number of carbonyl (C=O) groups is 2. The van der Waals surface area contributed by atoms with E-state index in [9.17, 15) is 19.2 Å². The number of ether oxygens (including phenoxy) is 4. The molecule has 3 N–H and O–H groups in total. The number of esters is 1. The Bertz CT molecular complexity index is 1230. The number of nitrogens with one attached hydrogen (secondary N) is 1. The minimum absolute atomic E-state index is 0.0762. The van der Waals surface area contributed by atoms with Gasteiger partial charge in [-0.1, -0.05) is 25.2 Å². The Kier molecular flexibility index (Phi) is 6.40. The van der Waals surface area contributed by atoms with E-state index in [-0.39, 0.29) is 41.0 Å². The molecule has 186 valence electrons. The number of anilines is 1. The number of thiazole rings is 1. The smallest absolute Gasteiger partial charge is 0.311 e. The van der Waals surface area contributed by atoms with Crippen molar-refractivity contribution in [3.63, 3.8) is 0 Å². The van der Waals surface area contributed by atoms with E-state index < -0.39 is 52.6 Å². The molecule has 12 nitrogen and oxygen atoms in total. The standard InChI is InChI=1S/C21H28N4O8S/c1-8(2)10(6-9(3)26)18(28)30-7-11-12-13(33-21(4,5)32-12)17(31-11)25-15-14(34-20(25)29)16(27)24-19(22)23-15/h8,10-13,17H,6-7H2,1-5H3,(H3,22,23,24,27)/t10-,11+,12+,13?,17+/m0/s1. The molecule has 13 heteroatoms. The second-order valence-corrected chi connectivity index (χ2v) is 10.3. The van der Waals surface area contributed by atoms with E-state index in [0.717, 1.165) is 11.3 Å². The summed E-state index contributed by atoms with van der Waals surface area (Å²) in [4.78, 5) is 55.4. The molecule has 2 aliphatic rings. The van der Waals surface area contributed by atoms with Gasteiger partial charge in [0.05, 0.1) is 5.92 Å². The Hall–Kier alpha value is -2.61. The lowest BCUT2D eigenvalue weighted by Crippen LogP contribution is -2.35. The molecule has 5 atom stereocenters. The number of nitrogen functional groups attached to an aromatic ring is 1. The zero-order valence-electron chi connectivity index (χ0n) is 19.5. The Morgan fingerprint density at radius 3 is 2.59 bits per heavy atom. The third kappa shape index (κ3) is 4.52. The molecule has 0 saturated carbocycles. The average molecular weight is 497 g/mol. The molecule has 34 heavy (non-hydrogen) atoms. The normalized spacial score (nSPS) is 26.6. The molecule has 4 rings (SSSR count). The van der Waals surface area contributed by atoms with Gasteiger partial charge in [0.2, 0.25) is 5.95 Å². The summed E-state index contributed by atoms with van der Waals surface area (Å²) in [5, 5.41) is 0. The minimum Gasteiger partial charge on any atom is -0.463 e. The van der Waals surface area contributed by atoms with E-state index >= 15 is 0 Å². The number of hydrogen-bond acceptors (Lipinski definition) is 11. The molecular formula is C21H28N4O8S. The quantitative estimate of drug-likeness (QED) is 0.527. The highest BCUT2D eigenvalue weighted by Gasteiger charge is 2.57. The van der Waals surface area contributed by atoms with Crippen LogP contribution in [0, 0.1) is 11.8 Å². The molecular weight excluding hydrogens is 468 g/mol. The third-order valence-electron chi connectivity index (χ3n) is 5.88. The van der Waals surface area contributed by atoms with Gasteiger partial charge in [0.15, 0.2) is 17.7 Å². The van der Waals surface area contributed by atoms with E-state index in [2.05, 4.69) is 9.97 Å². The van der Waals surface area contributed by atoms with Gasteiger partial charge in [-0.3, -0.25) is 23.9 Å². The summed E-state index contributed by atoms with van der Waals surface area (Å²) in [5.74, 6) is -2.40. The van der Waals surface area contributed by atoms with E-state index in [1.807, 2.05) is 13.8 Å². The summed E-state index contributed by atoms with van der Waals surface area (Å²) >= 11 is 0.719. The summed E-state index contributed by atoms with van der Waals surface area (Å²) in [6, 6.07) is 0. The maximum Gasteiger partial charge on any atom is 0.311 e. The van der Waals surface area contributed by atoms with Crippen molar-refractivity contribution < 1.29 is 28.5 Å². The first-order valence-electron chi connectivity index (χ1n) is 11.0. The third-order valence-corrected chi connectivity index (χ3v) is 6.82. The minimum atomic E-state index is -0.983. The van der Waals surface area contributed by atoms with Crippen LogP contribution in [0.4, 0.5) is 5.95 Å². The van der Waals surface area contributed by atoms with Crippen LogP contribution < -0.4 is 16.2 Å². The highest BCUT2D eigenvalue weighted by molar-refractivity contribution is 7.16. The lowest BCUT2D eigenvalue weighted by atomic mass is 9.91. The van der Waals surface area contributed by atoms with Gasteiger partial charge >= 0.3 is 10.8 Å². The lowest BCUT2D eigenvalue weighted by molar-refractivity contribution is -0.203. The summed E-state index contributed by atoms with van der Waals surface area (Å²) in [6.07, 6.45) is -3.04. The average Bonchev–Trinajstić information content (AvgIpc) is 3.32. The van der Waals surface area contributed by atoms with Crippen LogP contribution in [0.3, 0.4) is 0 Å². The van der Waals surface area contributed by atoms with Crippen LogP contribution >= 0.6 is 11.3 Å². The number of nitrogens with two attached hydrogens (primary N) is 1. The molecule has 0 aromatic carbocycles. The van der Waals surface area contributed by atoms with Crippen LogP contribution in [0.5, 0.6) is 0 Å². The molecule has 0 spiro atoms.